The minimum atomic E-state index is -0.150. The highest BCUT2D eigenvalue weighted by molar-refractivity contribution is 6.06. The molecule has 1 aromatic heterocycles. The maximum absolute atomic E-state index is 12.6. The second-order valence-electron chi connectivity index (χ2n) is 6.40. The molecule has 2 aromatic carbocycles. The van der Waals surface area contributed by atoms with Crippen LogP contribution < -0.4 is 10.1 Å². The minimum Gasteiger partial charge on any atom is -0.494 e. The molecular formula is C23H24N2O2. The van der Waals surface area contributed by atoms with Crippen LogP contribution >= 0.6 is 0 Å². The highest BCUT2D eigenvalue weighted by atomic mass is 16.5. The van der Waals surface area contributed by atoms with Gasteiger partial charge in [0, 0.05) is 28.4 Å². The van der Waals surface area contributed by atoms with Crippen molar-refractivity contribution in [2.24, 2.45) is 0 Å². The predicted octanol–water partition coefficient (Wildman–Crippen LogP) is 5.53. The van der Waals surface area contributed by atoms with Crippen LogP contribution in [-0.2, 0) is 0 Å². The highest BCUT2D eigenvalue weighted by Gasteiger charge is 2.08. The van der Waals surface area contributed by atoms with Gasteiger partial charge in [-0.05, 0) is 63.1 Å². The molecule has 0 saturated carbocycles. The number of ether oxygens (including phenoxy) is 1. The first-order valence-corrected chi connectivity index (χ1v) is 9.18. The van der Waals surface area contributed by atoms with E-state index in [1.54, 1.807) is 6.07 Å². The van der Waals surface area contributed by atoms with Crippen LogP contribution in [0.15, 0.2) is 66.7 Å². The molecule has 1 amide bonds. The van der Waals surface area contributed by atoms with E-state index in [2.05, 4.69) is 16.4 Å². The van der Waals surface area contributed by atoms with Crippen molar-refractivity contribution in [3.63, 3.8) is 0 Å². The Labute approximate surface area is 159 Å². The molecule has 0 saturated heterocycles. The number of rotatable bonds is 7. The van der Waals surface area contributed by atoms with Crippen molar-refractivity contribution < 1.29 is 9.53 Å². The first kappa shape index (κ1) is 18.6. The number of unbranched alkanes of at least 4 members (excludes halogenated alkanes) is 1. The number of hydrogen-bond acceptors (Lipinski definition) is 3. The van der Waals surface area contributed by atoms with Gasteiger partial charge in [0.15, 0.2) is 0 Å². The highest BCUT2D eigenvalue weighted by Crippen LogP contribution is 2.20. The molecule has 138 valence electrons. The lowest BCUT2D eigenvalue weighted by Crippen LogP contribution is -2.12. The number of aromatic nitrogens is 1. The maximum Gasteiger partial charge on any atom is 0.255 e. The lowest BCUT2D eigenvalue weighted by molar-refractivity contribution is 0.102. The predicted molar refractivity (Wildman–Crippen MR) is 110 cm³/mol. The summed E-state index contributed by atoms with van der Waals surface area (Å²) in [6.45, 7) is 4.62. The number of fused-ring (bicyclic) bond motifs is 1. The quantitative estimate of drug-likeness (QED) is 0.445. The van der Waals surface area contributed by atoms with Gasteiger partial charge in [0.25, 0.3) is 5.91 Å². The van der Waals surface area contributed by atoms with Gasteiger partial charge >= 0.3 is 0 Å². The van der Waals surface area contributed by atoms with E-state index < -0.39 is 0 Å². The molecule has 3 rings (SSSR count). The number of amides is 1. The number of anilines is 1. The van der Waals surface area contributed by atoms with Gasteiger partial charge in [-0.1, -0.05) is 24.3 Å². The Balaban J connectivity index is 1.65. The van der Waals surface area contributed by atoms with Crippen LogP contribution in [0.5, 0.6) is 5.75 Å². The number of aryl methyl sites for hydroxylation is 1. The molecule has 0 atom stereocenters. The minimum absolute atomic E-state index is 0.150. The molecule has 1 N–H and O–H groups in total. The summed E-state index contributed by atoms with van der Waals surface area (Å²) in [6.07, 6.45) is 6.13. The smallest absolute Gasteiger partial charge is 0.255 e. The lowest BCUT2D eigenvalue weighted by Gasteiger charge is -2.09. The second kappa shape index (κ2) is 8.99. The van der Waals surface area contributed by atoms with Gasteiger partial charge in [-0.15, -0.1) is 0 Å². The van der Waals surface area contributed by atoms with Gasteiger partial charge in [0.05, 0.1) is 12.1 Å². The molecule has 3 aromatic rings. The average Bonchev–Trinajstić information content (AvgIpc) is 2.67. The van der Waals surface area contributed by atoms with Crippen molar-refractivity contribution in [2.45, 2.75) is 26.7 Å². The summed E-state index contributed by atoms with van der Waals surface area (Å²) in [6, 6.07) is 16.9. The monoisotopic (exact) mass is 360 g/mol. The number of allylic oxidation sites excluding steroid dienone is 2. The van der Waals surface area contributed by atoms with Gasteiger partial charge in [0.1, 0.15) is 5.75 Å². The Bertz CT molecular complexity index is 964. The Hall–Kier alpha value is -3.14. The fourth-order valence-corrected chi connectivity index (χ4v) is 2.79. The number of carbonyl (C=O) groups is 1. The topological polar surface area (TPSA) is 51.2 Å². The van der Waals surface area contributed by atoms with E-state index in [1.807, 2.05) is 68.5 Å². The Morgan fingerprint density at radius 1 is 1.15 bits per heavy atom. The van der Waals surface area contributed by atoms with Gasteiger partial charge in [0.2, 0.25) is 0 Å². The van der Waals surface area contributed by atoms with Gasteiger partial charge < -0.3 is 10.1 Å². The van der Waals surface area contributed by atoms with E-state index in [0.29, 0.717) is 17.9 Å². The van der Waals surface area contributed by atoms with E-state index in [-0.39, 0.29) is 5.91 Å². The molecule has 0 aliphatic heterocycles. The molecule has 0 spiro atoms. The van der Waals surface area contributed by atoms with Gasteiger partial charge in [-0.25, -0.2) is 0 Å². The van der Waals surface area contributed by atoms with Crippen LogP contribution in [0, 0.1) is 6.92 Å². The van der Waals surface area contributed by atoms with Crippen molar-refractivity contribution >= 4 is 22.5 Å². The molecule has 0 bridgehead atoms. The first-order valence-electron chi connectivity index (χ1n) is 9.18. The summed E-state index contributed by atoms with van der Waals surface area (Å²) in [5.41, 5.74) is 3.17. The van der Waals surface area contributed by atoms with Crippen LogP contribution in [0.1, 0.15) is 35.8 Å². The summed E-state index contributed by atoms with van der Waals surface area (Å²) in [4.78, 5) is 17.1. The third-order valence-electron chi connectivity index (χ3n) is 4.20. The fourth-order valence-electron chi connectivity index (χ4n) is 2.79. The zero-order chi connectivity index (χ0) is 19.1. The summed E-state index contributed by atoms with van der Waals surface area (Å²) in [5.74, 6) is 0.606. The summed E-state index contributed by atoms with van der Waals surface area (Å²) in [7, 11) is 0. The van der Waals surface area contributed by atoms with Crippen molar-refractivity contribution in [1.29, 1.82) is 0 Å². The van der Waals surface area contributed by atoms with Crippen molar-refractivity contribution in [3.8, 4) is 5.75 Å². The molecule has 1 heterocycles. The number of hydrogen-bond donors (Lipinski definition) is 1. The number of benzene rings is 2. The number of nitrogens with one attached hydrogen (secondary N) is 1. The van der Waals surface area contributed by atoms with Crippen LogP contribution in [0.2, 0.25) is 0 Å². The van der Waals surface area contributed by atoms with E-state index in [9.17, 15) is 4.79 Å². The average molecular weight is 360 g/mol. The fraction of sp³-hybridized carbons (Fsp3) is 0.217. The third-order valence-corrected chi connectivity index (χ3v) is 4.20. The Morgan fingerprint density at radius 2 is 2.04 bits per heavy atom. The summed E-state index contributed by atoms with van der Waals surface area (Å²) >= 11 is 0. The molecule has 0 aliphatic carbocycles. The van der Waals surface area contributed by atoms with Gasteiger partial charge in [-0.3, -0.25) is 9.78 Å². The summed E-state index contributed by atoms with van der Waals surface area (Å²) < 4.78 is 5.76. The first-order chi connectivity index (χ1) is 13.2. The van der Waals surface area contributed by atoms with Crippen LogP contribution in [0.3, 0.4) is 0 Å². The van der Waals surface area contributed by atoms with E-state index in [0.717, 1.165) is 35.2 Å². The van der Waals surface area contributed by atoms with Crippen molar-refractivity contribution in [2.75, 3.05) is 11.9 Å². The molecule has 0 radical (unpaired) electrons. The molecule has 0 aliphatic rings. The summed E-state index contributed by atoms with van der Waals surface area (Å²) in [5, 5.41) is 3.89. The van der Waals surface area contributed by atoms with Crippen LogP contribution in [0.25, 0.3) is 10.9 Å². The number of pyridine rings is 1. The van der Waals surface area contributed by atoms with E-state index >= 15 is 0 Å². The molecule has 0 fully saturated rings. The molecule has 4 nitrogen and oxygen atoms in total. The van der Waals surface area contributed by atoms with Crippen molar-refractivity contribution in [1.82, 2.24) is 4.98 Å². The normalized spacial score (nSPS) is 11.0. The molecule has 0 unspecified atom stereocenters. The SMILES string of the molecule is CC=CCCCOc1cccc(NC(=O)c2ccc3nc(C)ccc3c2)c1. The second-order valence-corrected chi connectivity index (χ2v) is 6.40. The molecular weight excluding hydrogens is 336 g/mol. The Morgan fingerprint density at radius 3 is 2.89 bits per heavy atom. The zero-order valence-electron chi connectivity index (χ0n) is 15.7. The number of carbonyl (C=O) groups excluding carboxylic acids is 1. The van der Waals surface area contributed by atoms with E-state index in [4.69, 9.17) is 4.74 Å². The van der Waals surface area contributed by atoms with Gasteiger partial charge in [-0.2, -0.15) is 0 Å². The zero-order valence-corrected chi connectivity index (χ0v) is 15.7. The lowest BCUT2D eigenvalue weighted by atomic mass is 10.1. The van der Waals surface area contributed by atoms with E-state index in [1.165, 1.54) is 0 Å². The Kier molecular flexibility index (Phi) is 6.21. The third kappa shape index (κ3) is 5.17. The van der Waals surface area contributed by atoms with Crippen LogP contribution in [0.4, 0.5) is 5.69 Å². The van der Waals surface area contributed by atoms with Crippen molar-refractivity contribution in [3.05, 3.63) is 78.0 Å². The standard InChI is InChI=1S/C23H24N2O2/c1-3-4-5-6-14-27-21-9-7-8-20(16-21)25-23(26)19-12-13-22-18(15-19)11-10-17(2)24-22/h3-4,7-13,15-16H,5-6,14H2,1-2H3,(H,25,26). The molecule has 27 heavy (non-hydrogen) atoms. The maximum atomic E-state index is 12.6. The van der Waals surface area contributed by atoms with Crippen LogP contribution in [-0.4, -0.2) is 17.5 Å². The molecule has 4 heteroatoms. The number of nitrogens with zero attached hydrogens (tertiary/aromatic N) is 1. The largest absolute Gasteiger partial charge is 0.494 e.